The molecule has 94 valence electrons. The zero-order chi connectivity index (χ0) is 11.8. The molecule has 2 rings (SSSR count). The second kappa shape index (κ2) is 4.33. The topological polar surface area (TPSA) is 12.0 Å². The molecule has 2 fully saturated rings. The molecule has 2 saturated carbocycles. The molecule has 0 saturated heterocycles. The average molecular weight is 223 g/mol. The molecule has 1 N–H and O–H groups in total. The Morgan fingerprint density at radius 3 is 2.31 bits per heavy atom. The van der Waals surface area contributed by atoms with Gasteiger partial charge in [-0.1, -0.05) is 34.1 Å². The van der Waals surface area contributed by atoms with Crippen LogP contribution in [0, 0.1) is 16.7 Å². The van der Waals surface area contributed by atoms with Crippen LogP contribution in [0.15, 0.2) is 0 Å². The maximum atomic E-state index is 3.85. The lowest BCUT2D eigenvalue weighted by molar-refractivity contribution is 0.110. The molecule has 1 nitrogen and oxygen atoms in total. The Balaban J connectivity index is 1.78. The minimum atomic E-state index is 0.581. The summed E-state index contributed by atoms with van der Waals surface area (Å²) in [5.74, 6) is 0.854. The van der Waals surface area contributed by atoms with Gasteiger partial charge in [-0.25, -0.2) is 0 Å². The van der Waals surface area contributed by atoms with Crippen LogP contribution in [0.4, 0.5) is 0 Å². The van der Waals surface area contributed by atoms with Gasteiger partial charge in [0.15, 0.2) is 0 Å². The molecule has 16 heavy (non-hydrogen) atoms. The summed E-state index contributed by atoms with van der Waals surface area (Å²) >= 11 is 0. The van der Waals surface area contributed by atoms with E-state index in [1.54, 1.807) is 0 Å². The van der Waals surface area contributed by atoms with Crippen LogP contribution >= 0.6 is 0 Å². The molecule has 0 aliphatic heterocycles. The first-order chi connectivity index (χ1) is 7.40. The maximum Gasteiger partial charge on any atom is 0.00933 e. The Bertz CT molecular complexity index is 240. The second-order valence-electron chi connectivity index (χ2n) is 7.54. The summed E-state index contributed by atoms with van der Waals surface area (Å²) in [6.45, 7) is 11.0. The molecule has 0 amide bonds. The summed E-state index contributed by atoms with van der Waals surface area (Å²) in [6, 6.07) is 0.783. The quantitative estimate of drug-likeness (QED) is 0.763. The number of rotatable bonds is 3. The van der Waals surface area contributed by atoms with Crippen LogP contribution in [-0.4, -0.2) is 12.6 Å². The summed E-state index contributed by atoms with van der Waals surface area (Å²) in [6.07, 6.45) is 8.49. The summed E-state index contributed by atoms with van der Waals surface area (Å²) < 4.78 is 0. The van der Waals surface area contributed by atoms with Crippen LogP contribution < -0.4 is 5.32 Å². The fraction of sp³-hybridized carbons (Fsp3) is 1.00. The van der Waals surface area contributed by atoms with Crippen molar-refractivity contribution in [1.29, 1.82) is 0 Å². The van der Waals surface area contributed by atoms with Gasteiger partial charge in [0.2, 0.25) is 0 Å². The average Bonchev–Trinajstić information content (AvgIpc) is 2.12. The predicted molar refractivity (Wildman–Crippen MR) is 70.5 cm³/mol. The van der Waals surface area contributed by atoms with Crippen molar-refractivity contribution in [2.24, 2.45) is 16.7 Å². The molecule has 2 unspecified atom stereocenters. The van der Waals surface area contributed by atoms with E-state index < -0.39 is 0 Å². The molecule has 0 spiro atoms. The molecule has 1 heteroatoms. The van der Waals surface area contributed by atoms with Gasteiger partial charge in [-0.15, -0.1) is 0 Å². The Morgan fingerprint density at radius 1 is 1.12 bits per heavy atom. The first-order valence-electron chi connectivity index (χ1n) is 7.14. The highest BCUT2D eigenvalue weighted by Gasteiger charge is 2.35. The summed E-state index contributed by atoms with van der Waals surface area (Å²) in [4.78, 5) is 0. The lowest BCUT2D eigenvalue weighted by Crippen LogP contribution is -2.47. The van der Waals surface area contributed by atoms with Crippen molar-refractivity contribution in [3.05, 3.63) is 0 Å². The Kier molecular flexibility index (Phi) is 3.36. The van der Waals surface area contributed by atoms with Crippen molar-refractivity contribution in [2.45, 2.75) is 72.3 Å². The highest BCUT2D eigenvalue weighted by atomic mass is 14.9. The van der Waals surface area contributed by atoms with Crippen LogP contribution in [0.3, 0.4) is 0 Å². The lowest BCUT2D eigenvalue weighted by atomic mass is 9.68. The van der Waals surface area contributed by atoms with E-state index in [1.807, 2.05) is 0 Å². The highest BCUT2D eigenvalue weighted by molar-refractivity contribution is 4.90. The van der Waals surface area contributed by atoms with Gasteiger partial charge in [-0.2, -0.15) is 0 Å². The fourth-order valence-electron chi connectivity index (χ4n) is 3.58. The molecule has 0 heterocycles. The number of hydrogen-bond acceptors (Lipinski definition) is 1. The van der Waals surface area contributed by atoms with Crippen molar-refractivity contribution < 1.29 is 0 Å². The number of nitrogens with one attached hydrogen (secondary N) is 1. The minimum absolute atomic E-state index is 0.581. The Morgan fingerprint density at radius 2 is 1.81 bits per heavy atom. The molecule has 0 aromatic rings. The van der Waals surface area contributed by atoms with Gasteiger partial charge < -0.3 is 5.32 Å². The minimum Gasteiger partial charge on any atom is -0.313 e. The van der Waals surface area contributed by atoms with Gasteiger partial charge in [-0.05, 0) is 48.9 Å². The third-order valence-electron chi connectivity index (χ3n) is 5.05. The standard InChI is InChI=1S/C15H29N/c1-12-10-14(2,3)9-6-13(12)16-11-15(4)7-5-8-15/h12-13,16H,5-11H2,1-4H3. The smallest absolute Gasteiger partial charge is 0.00933 e. The van der Waals surface area contributed by atoms with Crippen LogP contribution in [0.2, 0.25) is 0 Å². The molecule has 2 aliphatic rings. The van der Waals surface area contributed by atoms with Crippen molar-refractivity contribution in [3.8, 4) is 0 Å². The van der Waals surface area contributed by atoms with Crippen LogP contribution in [0.25, 0.3) is 0 Å². The normalized spacial score (nSPS) is 36.8. The van der Waals surface area contributed by atoms with Crippen LogP contribution in [0.5, 0.6) is 0 Å². The van der Waals surface area contributed by atoms with Crippen LogP contribution in [-0.2, 0) is 0 Å². The lowest BCUT2D eigenvalue weighted by Gasteiger charge is -2.44. The largest absolute Gasteiger partial charge is 0.313 e. The van der Waals surface area contributed by atoms with Gasteiger partial charge in [0.05, 0.1) is 0 Å². The second-order valence-corrected chi connectivity index (χ2v) is 7.54. The van der Waals surface area contributed by atoms with E-state index in [4.69, 9.17) is 0 Å². The van der Waals surface area contributed by atoms with Crippen molar-refractivity contribution in [1.82, 2.24) is 5.32 Å². The Hall–Kier alpha value is -0.0400. The molecule has 0 aromatic carbocycles. The first kappa shape index (κ1) is 12.4. The van der Waals surface area contributed by atoms with Crippen molar-refractivity contribution in [2.75, 3.05) is 6.54 Å². The first-order valence-corrected chi connectivity index (χ1v) is 7.14. The van der Waals surface area contributed by atoms with E-state index in [-0.39, 0.29) is 0 Å². The SMILES string of the molecule is CC1CC(C)(C)CCC1NCC1(C)CCC1. The van der Waals surface area contributed by atoms with E-state index in [0.717, 1.165) is 12.0 Å². The zero-order valence-electron chi connectivity index (χ0n) is 11.6. The maximum absolute atomic E-state index is 3.85. The van der Waals surface area contributed by atoms with Gasteiger partial charge >= 0.3 is 0 Å². The molecule has 0 aromatic heterocycles. The van der Waals surface area contributed by atoms with Gasteiger partial charge in [0.25, 0.3) is 0 Å². The van der Waals surface area contributed by atoms with Crippen molar-refractivity contribution >= 4 is 0 Å². The summed E-state index contributed by atoms with van der Waals surface area (Å²) in [5, 5.41) is 3.85. The highest BCUT2D eigenvalue weighted by Crippen LogP contribution is 2.41. The zero-order valence-corrected chi connectivity index (χ0v) is 11.6. The molecule has 2 atom stereocenters. The molecule has 0 bridgehead atoms. The predicted octanol–water partition coefficient (Wildman–Crippen LogP) is 3.98. The Labute approximate surface area is 101 Å². The molecule has 2 aliphatic carbocycles. The monoisotopic (exact) mass is 223 g/mol. The summed E-state index contributed by atoms with van der Waals surface area (Å²) in [7, 11) is 0. The van der Waals surface area contributed by atoms with Crippen molar-refractivity contribution in [3.63, 3.8) is 0 Å². The molecular formula is C15H29N. The van der Waals surface area contributed by atoms with Gasteiger partial charge in [0.1, 0.15) is 0 Å². The van der Waals surface area contributed by atoms with Gasteiger partial charge in [0, 0.05) is 12.6 Å². The van der Waals surface area contributed by atoms with E-state index in [9.17, 15) is 0 Å². The van der Waals surface area contributed by atoms with E-state index in [0.29, 0.717) is 10.8 Å². The molecular weight excluding hydrogens is 194 g/mol. The van der Waals surface area contributed by atoms with Gasteiger partial charge in [-0.3, -0.25) is 0 Å². The van der Waals surface area contributed by atoms with E-state index in [1.165, 1.54) is 45.1 Å². The summed E-state index contributed by atoms with van der Waals surface area (Å²) in [5.41, 5.74) is 1.21. The molecule has 0 radical (unpaired) electrons. The fourth-order valence-corrected chi connectivity index (χ4v) is 3.58. The van der Waals surface area contributed by atoms with E-state index in [2.05, 4.69) is 33.0 Å². The third kappa shape index (κ3) is 2.80. The number of hydrogen-bond donors (Lipinski definition) is 1. The van der Waals surface area contributed by atoms with E-state index >= 15 is 0 Å². The third-order valence-corrected chi connectivity index (χ3v) is 5.05. The van der Waals surface area contributed by atoms with Crippen LogP contribution in [0.1, 0.15) is 66.2 Å².